The van der Waals surface area contributed by atoms with Gasteiger partial charge in [0.1, 0.15) is 5.75 Å². The summed E-state index contributed by atoms with van der Waals surface area (Å²) in [7, 11) is 0. The lowest BCUT2D eigenvalue weighted by Crippen LogP contribution is -2.11. The highest BCUT2D eigenvalue weighted by atomic mass is 32.1. The molecule has 1 N–H and O–H groups in total. The largest absolute Gasteiger partial charge is 0.493 e. The number of ether oxygens (including phenoxy) is 1. The van der Waals surface area contributed by atoms with Crippen LogP contribution in [0.15, 0.2) is 41.2 Å². The Morgan fingerprint density at radius 3 is 2.70 bits per heavy atom. The molecule has 1 aromatic heterocycles. The van der Waals surface area contributed by atoms with Crippen LogP contribution in [0.5, 0.6) is 5.75 Å². The molecule has 0 spiro atoms. The van der Waals surface area contributed by atoms with E-state index in [2.05, 4.69) is 31.5 Å². The topological polar surface area (TPSA) is 42.1 Å². The Labute approximate surface area is 124 Å². The van der Waals surface area contributed by atoms with E-state index in [1.54, 1.807) is 0 Å². The number of rotatable bonds is 5. The first-order valence-electron chi connectivity index (χ1n) is 6.66. The summed E-state index contributed by atoms with van der Waals surface area (Å²) < 4.78 is 5.70. The molecule has 2 aromatic rings. The number of H-pyrrole nitrogens is 1. The molecule has 0 aliphatic carbocycles. The molecule has 1 aromatic carbocycles. The predicted molar refractivity (Wildman–Crippen MR) is 85.5 cm³/mol. The number of benzene rings is 1. The van der Waals surface area contributed by atoms with E-state index in [-0.39, 0.29) is 5.56 Å². The summed E-state index contributed by atoms with van der Waals surface area (Å²) in [5, 5.41) is 0. The summed E-state index contributed by atoms with van der Waals surface area (Å²) in [6.45, 7) is 4.90. The van der Waals surface area contributed by atoms with E-state index in [1.807, 2.05) is 36.4 Å². The monoisotopic (exact) mass is 289 g/mol. The first kappa shape index (κ1) is 14.7. The van der Waals surface area contributed by atoms with E-state index < -0.39 is 0 Å². The quantitative estimate of drug-likeness (QED) is 0.827. The summed E-state index contributed by atoms with van der Waals surface area (Å²) in [5.74, 6) is 1.73. The van der Waals surface area contributed by atoms with Crippen LogP contribution in [0.3, 0.4) is 0 Å². The molecule has 0 unspecified atom stereocenters. The molecule has 0 fully saturated rings. The molecule has 0 amide bonds. The van der Waals surface area contributed by atoms with Crippen molar-refractivity contribution in [1.29, 1.82) is 0 Å². The third kappa shape index (κ3) is 3.67. The van der Waals surface area contributed by atoms with Gasteiger partial charge in [-0.05, 0) is 24.1 Å². The average molecular weight is 289 g/mol. The zero-order valence-corrected chi connectivity index (χ0v) is 12.6. The molecular weight excluding hydrogens is 270 g/mol. The summed E-state index contributed by atoms with van der Waals surface area (Å²) in [4.78, 5) is 14.7. The number of nitrogens with one attached hydrogen (secondary N) is 1. The van der Waals surface area contributed by atoms with Gasteiger partial charge in [0.05, 0.1) is 6.61 Å². The smallest absolute Gasteiger partial charge is 0.252 e. The van der Waals surface area contributed by atoms with Gasteiger partial charge in [0.25, 0.3) is 5.56 Å². The second-order valence-corrected chi connectivity index (χ2v) is 5.43. The zero-order valence-electron chi connectivity index (χ0n) is 11.7. The van der Waals surface area contributed by atoms with Crippen molar-refractivity contribution in [1.82, 2.24) is 4.98 Å². The Kier molecular flexibility index (Phi) is 4.90. The minimum Gasteiger partial charge on any atom is -0.493 e. The van der Waals surface area contributed by atoms with Crippen LogP contribution in [0.4, 0.5) is 0 Å². The summed E-state index contributed by atoms with van der Waals surface area (Å²) in [6.07, 6.45) is 0. The van der Waals surface area contributed by atoms with Crippen molar-refractivity contribution in [2.24, 2.45) is 5.92 Å². The number of thiol groups is 1. The SMILES string of the molecule is CC(C)COc1cccc(-c2ccc(CS)c(=O)[nH]2)c1. The molecule has 0 saturated carbocycles. The van der Waals surface area contributed by atoms with Crippen LogP contribution in [0.1, 0.15) is 19.4 Å². The maximum atomic E-state index is 11.8. The minimum atomic E-state index is -0.0917. The van der Waals surface area contributed by atoms with Crippen molar-refractivity contribution in [3.8, 4) is 17.0 Å². The molecule has 0 bridgehead atoms. The van der Waals surface area contributed by atoms with E-state index in [4.69, 9.17) is 4.74 Å². The second-order valence-electron chi connectivity index (χ2n) is 5.12. The standard InChI is InChI=1S/C16H19NO2S/c1-11(2)9-19-14-5-3-4-12(8-14)15-7-6-13(10-20)16(18)17-15/h3-8,11,20H,9-10H2,1-2H3,(H,17,18). The second kappa shape index (κ2) is 6.66. The average Bonchev–Trinajstić information content (AvgIpc) is 2.45. The molecule has 0 aliphatic heterocycles. The fourth-order valence-corrected chi connectivity index (χ4v) is 2.06. The third-order valence-electron chi connectivity index (χ3n) is 2.89. The van der Waals surface area contributed by atoms with Gasteiger partial charge in [-0.1, -0.05) is 32.0 Å². The van der Waals surface area contributed by atoms with Gasteiger partial charge >= 0.3 is 0 Å². The van der Waals surface area contributed by atoms with E-state index in [1.165, 1.54) is 0 Å². The van der Waals surface area contributed by atoms with Gasteiger partial charge in [-0.15, -0.1) is 0 Å². The van der Waals surface area contributed by atoms with E-state index in [0.717, 1.165) is 17.0 Å². The molecule has 106 valence electrons. The first-order valence-corrected chi connectivity index (χ1v) is 7.29. The number of aromatic amines is 1. The van der Waals surface area contributed by atoms with Crippen molar-refractivity contribution in [3.05, 3.63) is 52.3 Å². The van der Waals surface area contributed by atoms with Crippen molar-refractivity contribution >= 4 is 12.6 Å². The van der Waals surface area contributed by atoms with E-state index >= 15 is 0 Å². The van der Waals surface area contributed by atoms with E-state index in [9.17, 15) is 4.79 Å². The molecule has 0 radical (unpaired) electrons. The van der Waals surface area contributed by atoms with Crippen LogP contribution in [0, 0.1) is 5.92 Å². The van der Waals surface area contributed by atoms with Gasteiger partial charge in [-0.2, -0.15) is 12.6 Å². The minimum absolute atomic E-state index is 0.0917. The maximum Gasteiger partial charge on any atom is 0.252 e. The summed E-state index contributed by atoms with van der Waals surface area (Å²) in [5.41, 5.74) is 2.31. The number of pyridine rings is 1. The highest BCUT2D eigenvalue weighted by molar-refractivity contribution is 7.79. The van der Waals surface area contributed by atoms with Gasteiger partial charge in [0.2, 0.25) is 0 Å². The van der Waals surface area contributed by atoms with Gasteiger partial charge in [0, 0.05) is 22.6 Å². The van der Waals surface area contributed by atoms with Crippen LogP contribution in [0.25, 0.3) is 11.3 Å². The lowest BCUT2D eigenvalue weighted by Gasteiger charge is -2.10. The number of hydrogen-bond acceptors (Lipinski definition) is 3. The maximum absolute atomic E-state index is 11.8. The van der Waals surface area contributed by atoms with Crippen LogP contribution in [-0.2, 0) is 5.75 Å². The lowest BCUT2D eigenvalue weighted by atomic mass is 10.1. The Hall–Kier alpha value is -1.68. The number of hydrogen-bond donors (Lipinski definition) is 2. The van der Waals surface area contributed by atoms with Crippen LogP contribution in [0.2, 0.25) is 0 Å². The van der Waals surface area contributed by atoms with Crippen LogP contribution in [-0.4, -0.2) is 11.6 Å². The normalized spacial score (nSPS) is 10.8. The number of aromatic nitrogens is 1. The van der Waals surface area contributed by atoms with Gasteiger partial charge in [0.15, 0.2) is 0 Å². The first-order chi connectivity index (χ1) is 9.60. The van der Waals surface area contributed by atoms with Crippen molar-refractivity contribution in [2.75, 3.05) is 6.61 Å². The zero-order chi connectivity index (χ0) is 14.5. The summed E-state index contributed by atoms with van der Waals surface area (Å²) in [6, 6.07) is 11.4. The van der Waals surface area contributed by atoms with Crippen molar-refractivity contribution in [3.63, 3.8) is 0 Å². The molecule has 2 rings (SSSR count). The highest BCUT2D eigenvalue weighted by Crippen LogP contribution is 2.22. The molecule has 1 heterocycles. The lowest BCUT2D eigenvalue weighted by molar-refractivity contribution is 0.271. The fourth-order valence-electron chi connectivity index (χ4n) is 1.81. The molecule has 0 atom stereocenters. The Bertz CT molecular complexity index is 634. The van der Waals surface area contributed by atoms with Crippen molar-refractivity contribution in [2.45, 2.75) is 19.6 Å². The van der Waals surface area contributed by atoms with Gasteiger partial charge < -0.3 is 9.72 Å². The third-order valence-corrected chi connectivity index (χ3v) is 3.23. The fraction of sp³-hybridized carbons (Fsp3) is 0.312. The van der Waals surface area contributed by atoms with Crippen molar-refractivity contribution < 1.29 is 4.74 Å². The molecular formula is C16H19NO2S. The summed E-state index contributed by atoms with van der Waals surface area (Å²) >= 11 is 4.12. The molecule has 0 aliphatic rings. The van der Waals surface area contributed by atoms with Gasteiger partial charge in [-0.25, -0.2) is 0 Å². The Balaban J connectivity index is 2.26. The highest BCUT2D eigenvalue weighted by Gasteiger charge is 2.04. The molecule has 0 saturated heterocycles. The van der Waals surface area contributed by atoms with Crippen LogP contribution >= 0.6 is 12.6 Å². The van der Waals surface area contributed by atoms with Crippen LogP contribution < -0.4 is 10.3 Å². The Morgan fingerprint density at radius 1 is 1.25 bits per heavy atom. The molecule has 4 heteroatoms. The Morgan fingerprint density at radius 2 is 2.05 bits per heavy atom. The predicted octanol–water partition coefficient (Wildman–Crippen LogP) is 3.51. The van der Waals surface area contributed by atoms with Gasteiger partial charge in [-0.3, -0.25) is 4.79 Å². The molecule has 3 nitrogen and oxygen atoms in total. The van der Waals surface area contributed by atoms with E-state index in [0.29, 0.717) is 23.8 Å². The molecule has 20 heavy (non-hydrogen) atoms.